The molecular formula is C13H19FN2. The molecule has 2 nitrogen and oxygen atoms in total. The molecule has 2 rings (SSSR count). The third-order valence-electron chi connectivity index (χ3n) is 3.31. The average molecular weight is 222 g/mol. The first-order valence-corrected chi connectivity index (χ1v) is 5.83. The van der Waals surface area contributed by atoms with Crippen molar-refractivity contribution in [2.45, 2.75) is 45.3 Å². The zero-order valence-electron chi connectivity index (χ0n) is 10.1. The SMILES string of the molecule is CC(N)C1Cc2c(F)cccc2N1C(C)C. The first-order chi connectivity index (χ1) is 7.52. The van der Waals surface area contributed by atoms with Crippen LogP contribution in [0.3, 0.4) is 0 Å². The molecule has 1 aromatic rings. The van der Waals surface area contributed by atoms with Crippen molar-refractivity contribution < 1.29 is 4.39 Å². The maximum absolute atomic E-state index is 13.7. The summed E-state index contributed by atoms with van der Waals surface area (Å²) in [5, 5.41) is 0. The Balaban J connectivity index is 2.45. The molecule has 1 heterocycles. The molecule has 3 heteroatoms. The van der Waals surface area contributed by atoms with Gasteiger partial charge in [0.05, 0.1) is 0 Å². The number of benzene rings is 1. The van der Waals surface area contributed by atoms with Crippen LogP contribution in [0.1, 0.15) is 26.3 Å². The van der Waals surface area contributed by atoms with Crippen LogP contribution in [0.2, 0.25) is 0 Å². The van der Waals surface area contributed by atoms with Crippen LogP contribution in [0.5, 0.6) is 0 Å². The van der Waals surface area contributed by atoms with E-state index < -0.39 is 0 Å². The largest absolute Gasteiger partial charge is 0.364 e. The molecule has 0 radical (unpaired) electrons. The molecule has 2 unspecified atom stereocenters. The van der Waals surface area contributed by atoms with E-state index in [0.29, 0.717) is 6.04 Å². The summed E-state index contributed by atoms with van der Waals surface area (Å²) in [6.07, 6.45) is 0.720. The molecule has 0 fully saturated rings. The van der Waals surface area contributed by atoms with E-state index in [-0.39, 0.29) is 17.9 Å². The summed E-state index contributed by atoms with van der Waals surface area (Å²) in [4.78, 5) is 2.24. The van der Waals surface area contributed by atoms with Gasteiger partial charge in [0, 0.05) is 29.4 Å². The highest BCUT2D eigenvalue weighted by atomic mass is 19.1. The molecule has 2 N–H and O–H groups in total. The van der Waals surface area contributed by atoms with E-state index in [2.05, 4.69) is 18.7 Å². The summed E-state index contributed by atoms with van der Waals surface area (Å²) in [6, 6.07) is 5.90. The quantitative estimate of drug-likeness (QED) is 0.832. The van der Waals surface area contributed by atoms with Gasteiger partial charge < -0.3 is 10.6 Å². The second-order valence-electron chi connectivity index (χ2n) is 4.87. The topological polar surface area (TPSA) is 29.3 Å². The first-order valence-electron chi connectivity index (χ1n) is 5.83. The molecule has 1 aliphatic heterocycles. The normalized spacial score (nSPS) is 21.4. The van der Waals surface area contributed by atoms with E-state index in [0.717, 1.165) is 17.7 Å². The number of fused-ring (bicyclic) bond motifs is 1. The van der Waals surface area contributed by atoms with Crippen molar-refractivity contribution in [2.75, 3.05) is 4.90 Å². The van der Waals surface area contributed by atoms with Crippen LogP contribution in [-0.2, 0) is 6.42 Å². The van der Waals surface area contributed by atoms with Crippen LogP contribution in [0.4, 0.5) is 10.1 Å². The van der Waals surface area contributed by atoms with E-state index >= 15 is 0 Å². The monoisotopic (exact) mass is 222 g/mol. The molecular weight excluding hydrogens is 203 g/mol. The van der Waals surface area contributed by atoms with E-state index in [1.165, 1.54) is 6.07 Å². The lowest BCUT2D eigenvalue weighted by molar-refractivity contribution is 0.496. The number of rotatable bonds is 2. The fourth-order valence-corrected chi connectivity index (χ4v) is 2.58. The summed E-state index contributed by atoms with van der Waals surface area (Å²) in [6.45, 7) is 6.23. The van der Waals surface area contributed by atoms with Gasteiger partial charge in [-0.3, -0.25) is 0 Å². The zero-order valence-corrected chi connectivity index (χ0v) is 10.1. The minimum atomic E-state index is -0.105. The number of anilines is 1. The predicted molar refractivity (Wildman–Crippen MR) is 65.2 cm³/mol. The Morgan fingerprint density at radius 3 is 2.62 bits per heavy atom. The van der Waals surface area contributed by atoms with Gasteiger partial charge in [-0.2, -0.15) is 0 Å². The first kappa shape index (κ1) is 11.4. The second kappa shape index (κ2) is 4.06. The number of hydrogen-bond donors (Lipinski definition) is 1. The van der Waals surface area contributed by atoms with Crippen LogP contribution < -0.4 is 10.6 Å². The Hall–Kier alpha value is -1.09. The zero-order chi connectivity index (χ0) is 11.9. The van der Waals surface area contributed by atoms with Crippen LogP contribution in [0.15, 0.2) is 18.2 Å². The lowest BCUT2D eigenvalue weighted by Crippen LogP contribution is -2.47. The summed E-state index contributed by atoms with van der Waals surface area (Å²) >= 11 is 0. The van der Waals surface area contributed by atoms with E-state index in [4.69, 9.17) is 5.73 Å². The Kier molecular flexibility index (Phi) is 2.89. The molecule has 16 heavy (non-hydrogen) atoms. The van der Waals surface area contributed by atoms with Crippen molar-refractivity contribution >= 4 is 5.69 Å². The molecule has 2 atom stereocenters. The van der Waals surface area contributed by atoms with Gasteiger partial charge in [-0.15, -0.1) is 0 Å². The van der Waals surface area contributed by atoms with Gasteiger partial charge >= 0.3 is 0 Å². The van der Waals surface area contributed by atoms with Crippen molar-refractivity contribution in [1.82, 2.24) is 0 Å². The van der Waals surface area contributed by atoms with E-state index in [1.54, 1.807) is 6.07 Å². The van der Waals surface area contributed by atoms with Crippen molar-refractivity contribution in [2.24, 2.45) is 5.73 Å². The summed E-state index contributed by atoms with van der Waals surface area (Å²) in [5.74, 6) is -0.105. The minimum absolute atomic E-state index is 0.0502. The Morgan fingerprint density at radius 1 is 1.38 bits per heavy atom. The van der Waals surface area contributed by atoms with Crippen molar-refractivity contribution in [3.63, 3.8) is 0 Å². The van der Waals surface area contributed by atoms with Gasteiger partial charge in [0.25, 0.3) is 0 Å². The molecule has 88 valence electrons. The molecule has 0 amide bonds. The highest BCUT2D eigenvalue weighted by molar-refractivity contribution is 5.61. The molecule has 0 saturated carbocycles. The lowest BCUT2D eigenvalue weighted by atomic mass is 10.0. The smallest absolute Gasteiger partial charge is 0.128 e. The molecule has 1 aliphatic rings. The number of hydrogen-bond acceptors (Lipinski definition) is 2. The Morgan fingerprint density at radius 2 is 2.06 bits per heavy atom. The second-order valence-corrected chi connectivity index (χ2v) is 4.87. The maximum atomic E-state index is 13.7. The van der Waals surface area contributed by atoms with E-state index in [1.807, 2.05) is 13.0 Å². The van der Waals surface area contributed by atoms with Crippen LogP contribution in [-0.4, -0.2) is 18.1 Å². The highest BCUT2D eigenvalue weighted by Crippen LogP contribution is 2.36. The number of halogens is 1. The van der Waals surface area contributed by atoms with Crippen molar-refractivity contribution in [3.8, 4) is 0 Å². The minimum Gasteiger partial charge on any atom is -0.364 e. The van der Waals surface area contributed by atoms with Gasteiger partial charge in [0.2, 0.25) is 0 Å². The molecule has 0 aliphatic carbocycles. The van der Waals surface area contributed by atoms with Crippen LogP contribution >= 0.6 is 0 Å². The molecule has 0 aromatic heterocycles. The summed E-state index contributed by atoms with van der Waals surface area (Å²) in [7, 11) is 0. The van der Waals surface area contributed by atoms with Gasteiger partial charge in [0.15, 0.2) is 0 Å². The Labute approximate surface area is 96.2 Å². The van der Waals surface area contributed by atoms with Crippen LogP contribution in [0.25, 0.3) is 0 Å². The van der Waals surface area contributed by atoms with Crippen molar-refractivity contribution in [3.05, 3.63) is 29.6 Å². The van der Waals surface area contributed by atoms with Gasteiger partial charge in [-0.1, -0.05) is 6.07 Å². The molecule has 0 bridgehead atoms. The van der Waals surface area contributed by atoms with Gasteiger partial charge in [-0.05, 0) is 39.3 Å². The number of nitrogens with two attached hydrogens (primary N) is 1. The fourth-order valence-electron chi connectivity index (χ4n) is 2.58. The predicted octanol–water partition coefficient (Wildman–Crippen LogP) is 2.31. The van der Waals surface area contributed by atoms with Gasteiger partial charge in [0.1, 0.15) is 5.82 Å². The molecule has 1 aromatic carbocycles. The summed E-state index contributed by atoms with van der Waals surface area (Å²) < 4.78 is 13.7. The standard InChI is InChI=1S/C13H19FN2/c1-8(2)16-12-6-4-5-11(14)10(12)7-13(16)9(3)15/h4-6,8-9,13H,7,15H2,1-3H3. The molecule has 0 spiro atoms. The fraction of sp³-hybridized carbons (Fsp3) is 0.538. The van der Waals surface area contributed by atoms with Crippen LogP contribution in [0, 0.1) is 5.82 Å². The maximum Gasteiger partial charge on any atom is 0.128 e. The third kappa shape index (κ3) is 1.69. The summed E-state index contributed by atoms with van der Waals surface area (Å²) in [5.41, 5.74) is 7.82. The third-order valence-corrected chi connectivity index (χ3v) is 3.31. The van der Waals surface area contributed by atoms with Crippen molar-refractivity contribution in [1.29, 1.82) is 0 Å². The number of nitrogens with zero attached hydrogens (tertiary/aromatic N) is 1. The molecule has 0 saturated heterocycles. The van der Waals surface area contributed by atoms with Gasteiger partial charge in [-0.25, -0.2) is 4.39 Å². The Bertz CT molecular complexity index is 388. The van der Waals surface area contributed by atoms with E-state index in [9.17, 15) is 4.39 Å². The lowest BCUT2D eigenvalue weighted by Gasteiger charge is -2.33. The average Bonchev–Trinajstić information content (AvgIpc) is 2.58. The highest BCUT2D eigenvalue weighted by Gasteiger charge is 2.34.